The van der Waals surface area contributed by atoms with Gasteiger partial charge < -0.3 is 15.4 Å². The van der Waals surface area contributed by atoms with E-state index in [1.54, 1.807) is 46.8 Å². The van der Waals surface area contributed by atoms with Crippen molar-refractivity contribution >= 4 is 33.4 Å². The first-order chi connectivity index (χ1) is 17.0. The Balaban J connectivity index is 2.78. The number of carbonyl (C=O) groups is 3. The van der Waals surface area contributed by atoms with Crippen LogP contribution in [0.2, 0.25) is 0 Å². The third-order valence-electron chi connectivity index (χ3n) is 5.05. The minimum absolute atomic E-state index is 0.0556. The molecule has 0 heterocycles. The summed E-state index contributed by atoms with van der Waals surface area (Å²) in [5.41, 5.74) is 4.58. The van der Waals surface area contributed by atoms with Crippen LogP contribution in [0.3, 0.4) is 0 Å². The van der Waals surface area contributed by atoms with Crippen LogP contribution in [0.1, 0.15) is 68.2 Å². The van der Waals surface area contributed by atoms with Gasteiger partial charge >= 0.3 is 6.09 Å². The van der Waals surface area contributed by atoms with Gasteiger partial charge in [0, 0.05) is 11.1 Å². The molecule has 3 amide bonds. The number of carbonyl (C=O) groups excluding carboxylic acids is 3. The van der Waals surface area contributed by atoms with Gasteiger partial charge in [0.25, 0.3) is 0 Å². The summed E-state index contributed by atoms with van der Waals surface area (Å²) in [6, 6.07) is 4.16. The van der Waals surface area contributed by atoms with Crippen LogP contribution in [0.15, 0.2) is 40.6 Å². The fourth-order valence-electron chi connectivity index (χ4n) is 3.05. The number of benzene rings is 1. The molecule has 0 saturated heterocycles. The number of sulfone groups is 1. The minimum Gasteiger partial charge on any atom is -0.443 e. The van der Waals surface area contributed by atoms with Crippen molar-refractivity contribution in [3.63, 3.8) is 0 Å². The molecule has 0 fully saturated rings. The quantitative estimate of drug-likeness (QED) is 0.296. The standard InChI is InChI=1S/C26H42N4O6S/c1-17(2)12-9-10-15-37(34,35)21-14-11-13-20(16-21)28-23(31)19(5)27-24(32)22(18(3)4)29-30-25(33)36-26(6,7)8/h10-11,13-19,22,29H,9,12H2,1-8H3,(H,27,32)(H,28,31)(H,30,33). The van der Waals surface area contributed by atoms with E-state index in [-0.39, 0.29) is 16.5 Å². The average molecular weight is 539 g/mol. The summed E-state index contributed by atoms with van der Waals surface area (Å²) in [6.07, 6.45) is 2.44. The van der Waals surface area contributed by atoms with E-state index in [0.717, 1.165) is 6.42 Å². The van der Waals surface area contributed by atoms with Gasteiger partial charge in [0.2, 0.25) is 11.8 Å². The number of amides is 3. The minimum atomic E-state index is -3.66. The Bertz CT molecular complexity index is 1060. The molecule has 0 aliphatic heterocycles. The molecule has 4 N–H and O–H groups in total. The van der Waals surface area contributed by atoms with E-state index in [1.807, 2.05) is 0 Å². The highest BCUT2D eigenvalue weighted by Gasteiger charge is 2.27. The third-order valence-corrected chi connectivity index (χ3v) is 6.51. The maximum atomic E-state index is 12.8. The number of nitrogens with one attached hydrogen (secondary N) is 4. The monoisotopic (exact) mass is 538 g/mol. The number of ether oxygens (including phenoxy) is 1. The number of hydrogen-bond acceptors (Lipinski definition) is 7. The van der Waals surface area contributed by atoms with Crippen LogP contribution in [0.4, 0.5) is 10.5 Å². The van der Waals surface area contributed by atoms with Crippen molar-refractivity contribution in [2.75, 3.05) is 5.32 Å². The smallest absolute Gasteiger partial charge is 0.422 e. The van der Waals surface area contributed by atoms with E-state index in [1.165, 1.54) is 30.5 Å². The molecule has 0 aliphatic carbocycles. The van der Waals surface area contributed by atoms with E-state index in [0.29, 0.717) is 12.3 Å². The zero-order valence-electron chi connectivity index (χ0n) is 23.0. The molecule has 2 atom stereocenters. The summed E-state index contributed by atoms with van der Waals surface area (Å²) in [7, 11) is -3.66. The highest BCUT2D eigenvalue weighted by atomic mass is 32.2. The van der Waals surface area contributed by atoms with Crippen LogP contribution in [0, 0.1) is 11.8 Å². The van der Waals surface area contributed by atoms with Crippen LogP contribution in [-0.2, 0) is 24.2 Å². The van der Waals surface area contributed by atoms with Gasteiger partial charge in [0.05, 0.1) is 4.90 Å². The topological polar surface area (TPSA) is 143 Å². The first-order valence-corrected chi connectivity index (χ1v) is 13.9. The normalized spacial score (nSPS) is 13.9. The second kappa shape index (κ2) is 14.1. The van der Waals surface area contributed by atoms with Crippen LogP contribution in [-0.4, -0.2) is 44.0 Å². The second-order valence-electron chi connectivity index (χ2n) is 10.6. The number of rotatable bonds is 12. The number of allylic oxidation sites excluding steroid dienone is 1. The maximum Gasteiger partial charge on any atom is 0.422 e. The van der Waals surface area contributed by atoms with Crippen LogP contribution in [0.25, 0.3) is 0 Å². The molecule has 0 aliphatic rings. The number of hydrogen-bond donors (Lipinski definition) is 4. The first kappa shape index (κ1) is 32.1. The van der Waals surface area contributed by atoms with Gasteiger partial charge in [-0.25, -0.2) is 18.6 Å². The summed E-state index contributed by atoms with van der Waals surface area (Å²) < 4.78 is 30.4. The van der Waals surface area contributed by atoms with Gasteiger partial charge in [-0.3, -0.25) is 15.0 Å². The molecule has 1 aromatic carbocycles. The number of anilines is 1. The first-order valence-electron chi connectivity index (χ1n) is 12.4. The Kier molecular flexibility index (Phi) is 12.3. The molecule has 10 nitrogen and oxygen atoms in total. The predicted molar refractivity (Wildman–Crippen MR) is 144 cm³/mol. The highest BCUT2D eigenvalue weighted by Crippen LogP contribution is 2.18. The van der Waals surface area contributed by atoms with Gasteiger partial charge in [-0.1, -0.05) is 39.8 Å². The molecule has 0 aromatic heterocycles. The van der Waals surface area contributed by atoms with Gasteiger partial charge in [0.1, 0.15) is 17.7 Å². The molecule has 0 radical (unpaired) electrons. The van der Waals surface area contributed by atoms with Gasteiger partial charge in [0.15, 0.2) is 9.84 Å². The van der Waals surface area contributed by atoms with E-state index < -0.39 is 45.4 Å². The molecule has 1 rings (SSSR count). The summed E-state index contributed by atoms with van der Waals surface area (Å²) in [5, 5.41) is 6.42. The number of hydrazine groups is 1. The van der Waals surface area contributed by atoms with Crippen LogP contribution >= 0.6 is 0 Å². The lowest BCUT2D eigenvalue weighted by Gasteiger charge is -2.25. The van der Waals surface area contributed by atoms with Crippen molar-refractivity contribution in [3.05, 3.63) is 35.7 Å². The zero-order valence-corrected chi connectivity index (χ0v) is 23.9. The molecule has 0 saturated carbocycles. The summed E-state index contributed by atoms with van der Waals surface area (Å²) in [4.78, 5) is 37.4. The van der Waals surface area contributed by atoms with Crippen molar-refractivity contribution in [1.29, 1.82) is 0 Å². The fraction of sp³-hybridized carbons (Fsp3) is 0.577. The van der Waals surface area contributed by atoms with E-state index >= 15 is 0 Å². The molecule has 0 bridgehead atoms. The Hall–Kier alpha value is -2.92. The third kappa shape index (κ3) is 12.2. The van der Waals surface area contributed by atoms with Crippen LogP contribution in [0.5, 0.6) is 0 Å². The lowest BCUT2D eigenvalue weighted by atomic mass is 10.0. The average Bonchev–Trinajstić information content (AvgIpc) is 2.75. The molecule has 208 valence electrons. The Morgan fingerprint density at radius 3 is 2.24 bits per heavy atom. The van der Waals surface area contributed by atoms with Gasteiger partial charge in [-0.05, 0) is 70.6 Å². The van der Waals surface area contributed by atoms with Crippen molar-refractivity contribution in [3.8, 4) is 0 Å². The SMILES string of the molecule is CC(C)CCC=CS(=O)(=O)c1cccc(NC(=O)C(C)NC(=O)C(NNC(=O)OC(C)(C)C)C(C)C)c1. The van der Waals surface area contributed by atoms with E-state index in [4.69, 9.17) is 4.74 Å². The second-order valence-corrected chi connectivity index (χ2v) is 12.5. The van der Waals surface area contributed by atoms with Crippen molar-refractivity contribution < 1.29 is 27.5 Å². The van der Waals surface area contributed by atoms with Crippen molar-refractivity contribution in [1.82, 2.24) is 16.2 Å². The van der Waals surface area contributed by atoms with E-state index in [2.05, 4.69) is 35.3 Å². The molecule has 1 aromatic rings. The lowest BCUT2D eigenvalue weighted by molar-refractivity contribution is -0.128. The predicted octanol–water partition coefficient (Wildman–Crippen LogP) is 3.91. The molecule has 37 heavy (non-hydrogen) atoms. The Morgan fingerprint density at radius 2 is 1.68 bits per heavy atom. The van der Waals surface area contributed by atoms with Crippen molar-refractivity contribution in [2.45, 2.75) is 90.8 Å². The zero-order chi connectivity index (χ0) is 28.4. The Morgan fingerprint density at radius 1 is 1.03 bits per heavy atom. The van der Waals surface area contributed by atoms with E-state index in [9.17, 15) is 22.8 Å². The molecular weight excluding hydrogens is 496 g/mol. The highest BCUT2D eigenvalue weighted by molar-refractivity contribution is 7.94. The van der Waals surface area contributed by atoms with Gasteiger partial charge in [-0.2, -0.15) is 0 Å². The van der Waals surface area contributed by atoms with Crippen molar-refractivity contribution in [2.24, 2.45) is 11.8 Å². The summed E-state index contributed by atoms with van der Waals surface area (Å²) >= 11 is 0. The van der Waals surface area contributed by atoms with Gasteiger partial charge in [-0.15, -0.1) is 0 Å². The molecule has 2 unspecified atom stereocenters. The van der Waals surface area contributed by atoms with Crippen LogP contribution < -0.4 is 21.5 Å². The summed E-state index contributed by atoms with van der Waals surface area (Å²) in [5.74, 6) is -0.781. The molecule has 11 heteroatoms. The molecule has 0 spiro atoms. The largest absolute Gasteiger partial charge is 0.443 e. The Labute approximate surface area is 220 Å². The maximum absolute atomic E-state index is 12.8. The fourth-order valence-corrected chi connectivity index (χ4v) is 4.15. The lowest BCUT2D eigenvalue weighted by Crippen LogP contribution is -2.57. The summed E-state index contributed by atoms with van der Waals surface area (Å²) in [6.45, 7) is 14.4. The molecular formula is C26H42N4O6S.